The van der Waals surface area contributed by atoms with E-state index in [1.807, 2.05) is 6.07 Å². The van der Waals surface area contributed by atoms with Gasteiger partial charge in [0.25, 0.3) is 5.91 Å². The molecule has 138 valence electrons. The zero-order valence-electron chi connectivity index (χ0n) is 14.7. The van der Waals surface area contributed by atoms with Gasteiger partial charge < -0.3 is 10.2 Å². The number of hydrogen-bond acceptors (Lipinski definition) is 4. The highest BCUT2D eigenvalue weighted by atomic mass is 35.5. The molecule has 0 radical (unpaired) electrons. The van der Waals surface area contributed by atoms with E-state index < -0.39 is 0 Å². The van der Waals surface area contributed by atoms with Gasteiger partial charge in [0.15, 0.2) is 5.11 Å². The third kappa shape index (κ3) is 4.97. The van der Waals surface area contributed by atoms with Crippen LogP contribution in [0.2, 0.25) is 5.02 Å². The van der Waals surface area contributed by atoms with Crippen LogP contribution in [0.3, 0.4) is 0 Å². The number of carbonyl (C=O) groups excluding carboxylic acids is 1. The molecular weight excluding hydrogens is 380 g/mol. The maximum atomic E-state index is 12.5. The van der Waals surface area contributed by atoms with Crippen LogP contribution in [0.5, 0.6) is 0 Å². The van der Waals surface area contributed by atoms with Crippen molar-refractivity contribution < 1.29 is 4.79 Å². The lowest BCUT2D eigenvalue weighted by molar-refractivity contribution is 0.0977. The van der Waals surface area contributed by atoms with Crippen LogP contribution in [0.1, 0.15) is 35.2 Å². The quantitative estimate of drug-likeness (QED) is 0.753. The molecule has 2 aromatic carbocycles. The van der Waals surface area contributed by atoms with E-state index in [2.05, 4.69) is 21.6 Å². The van der Waals surface area contributed by atoms with Crippen molar-refractivity contribution in [1.82, 2.24) is 5.32 Å². The molecule has 1 heterocycles. The molecule has 2 aromatic rings. The minimum Gasteiger partial charge on any atom is -0.370 e. The van der Waals surface area contributed by atoms with Crippen LogP contribution >= 0.6 is 23.8 Å². The lowest BCUT2D eigenvalue weighted by atomic mass is 10.0. The Labute approximate surface area is 168 Å². The molecule has 1 aliphatic heterocycles. The van der Waals surface area contributed by atoms with Crippen molar-refractivity contribution in [2.45, 2.75) is 19.3 Å². The highest BCUT2D eigenvalue weighted by Crippen LogP contribution is 2.25. The van der Waals surface area contributed by atoms with Gasteiger partial charge in [-0.25, -0.2) is 0 Å². The van der Waals surface area contributed by atoms with Crippen LogP contribution in [0.15, 0.2) is 42.5 Å². The highest BCUT2D eigenvalue weighted by Gasteiger charge is 2.17. The number of piperidine rings is 1. The summed E-state index contributed by atoms with van der Waals surface area (Å²) < 4.78 is 0. The first-order valence-corrected chi connectivity index (χ1v) is 9.52. The third-order valence-corrected chi connectivity index (χ3v) is 4.86. The number of nitrogens with one attached hydrogen (secondary N) is 2. The topological polar surface area (TPSA) is 68.2 Å². The molecule has 27 heavy (non-hydrogen) atoms. The van der Waals surface area contributed by atoms with Crippen molar-refractivity contribution in [2.24, 2.45) is 0 Å². The van der Waals surface area contributed by atoms with Gasteiger partial charge in [0.1, 0.15) is 6.07 Å². The molecule has 1 saturated heterocycles. The summed E-state index contributed by atoms with van der Waals surface area (Å²) >= 11 is 11.0. The molecule has 7 heteroatoms. The normalized spacial score (nSPS) is 13.6. The van der Waals surface area contributed by atoms with Gasteiger partial charge in [-0.2, -0.15) is 5.26 Å². The number of halogens is 1. The standard InChI is InChI=1S/C20H19ClN4OS/c21-16-5-7-17(8-6-16)23-20(27)24-19(26)14-4-9-18(15(12-14)13-22)25-10-2-1-3-11-25/h4-9,12H,1-3,10-11H2,(H2,23,24,26,27). The summed E-state index contributed by atoms with van der Waals surface area (Å²) in [5.41, 5.74) is 2.51. The van der Waals surface area contributed by atoms with Crippen molar-refractivity contribution in [2.75, 3.05) is 23.3 Å². The summed E-state index contributed by atoms with van der Waals surface area (Å²) in [6, 6.07) is 14.4. The van der Waals surface area contributed by atoms with Crippen LogP contribution < -0.4 is 15.5 Å². The van der Waals surface area contributed by atoms with Gasteiger partial charge >= 0.3 is 0 Å². The second-order valence-electron chi connectivity index (χ2n) is 6.31. The molecule has 3 rings (SSSR count). The molecule has 1 amide bonds. The summed E-state index contributed by atoms with van der Waals surface area (Å²) in [5, 5.41) is 15.9. The van der Waals surface area contributed by atoms with Crippen LogP contribution in [0.25, 0.3) is 0 Å². The number of anilines is 2. The number of rotatable bonds is 3. The van der Waals surface area contributed by atoms with Gasteiger partial charge in [0.2, 0.25) is 0 Å². The Hall–Kier alpha value is -2.62. The van der Waals surface area contributed by atoms with E-state index in [9.17, 15) is 10.1 Å². The molecule has 0 saturated carbocycles. The van der Waals surface area contributed by atoms with E-state index >= 15 is 0 Å². The van der Waals surface area contributed by atoms with Crippen molar-refractivity contribution in [3.05, 3.63) is 58.6 Å². The van der Waals surface area contributed by atoms with Crippen LogP contribution in [0.4, 0.5) is 11.4 Å². The molecule has 0 atom stereocenters. The summed E-state index contributed by atoms with van der Waals surface area (Å²) in [7, 11) is 0. The Balaban J connectivity index is 1.68. The van der Waals surface area contributed by atoms with Gasteiger partial charge in [-0.3, -0.25) is 10.1 Å². The zero-order valence-corrected chi connectivity index (χ0v) is 16.2. The number of hydrogen-bond donors (Lipinski definition) is 2. The van der Waals surface area contributed by atoms with E-state index in [0.717, 1.165) is 37.3 Å². The van der Waals surface area contributed by atoms with E-state index in [1.54, 1.807) is 36.4 Å². The molecule has 1 aliphatic rings. The first-order valence-electron chi connectivity index (χ1n) is 8.74. The summed E-state index contributed by atoms with van der Waals surface area (Å²) in [4.78, 5) is 14.7. The molecule has 1 fully saturated rings. The fourth-order valence-electron chi connectivity index (χ4n) is 3.05. The minimum absolute atomic E-state index is 0.181. The first-order chi connectivity index (χ1) is 13.1. The second kappa shape index (κ2) is 8.85. The average molecular weight is 399 g/mol. The number of carbonyl (C=O) groups is 1. The SMILES string of the molecule is N#Cc1cc(C(=O)NC(=S)Nc2ccc(Cl)cc2)ccc1N1CCCCC1. The van der Waals surface area contributed by atoms with Gasteiger partial charge in [-0.05, 0) is 73.9 Å². The van der Waals surface area contributed by atoms with Gasteiger partial charge in [0.05, 0.1) is 11.3 Å². The molecule has 0 aromatic heterocycles. The van der Waals surface area contributed by atoms with Crippen molar-refractivity contribution >= 4 is 46.2 Å². The summed E-state index contributed by atoms with van der Waals surface area (Å²) in [5.74, 6) is -0.358. The van der Waals surface area contributed by atoms with Crippen molar-refractivity contribution in [3.8, 4) is 6.07 Å². The monoisotopic (exact) mass is 398 g/mol. The molecule has 0 bridgehead atoms. The Morgan fingerprint density at radius 1 is 1.11 bits per heavy atom. The number of benzene rings is 2. The third-order valence-electron chi connectivity index (χ3n) is 4.41. The molecular formula is C20H19ClN4OS. The number of thiocarbonyl (C=S) groups is 1. The van der Waals surface area contributed by atoms with Crippen LogP contribution in [-0.4, -0.2) is 24.1 Å². The maximum Gasteiger partial charge on any atom is 0.257 e. The lowest BCUT2D eigenvalue weighted by Crippen LogP contribution is -2.34. The number of amides is 1. The fourth-order valence-corrected chi connectivity index (χ4v) is 3.38. The van der Waals surface area contributed by atoms with E-state index in [1.165, 1.54) is 6.42 Å². The zero-order chi connectivity index (χ0) is 19.2. The second-order valence-corrected chi connectivity index (χ2v) is 7.15. The number of nitriles is 1. The smallest absolute Gasteiger partial charge is 0.257 e. The summed E-state index contributed by atoms with van der Waals surface area (Å²) in [6.07, 6.45) is 3.46. The van der Waals surface area contributed by atoms with Gasteiger partial charge in [0, 0.05) is 29.4 Å². The van der Waals surface area contributed by atoms with Crippen LogP contribution in [-0.2, 0) is 0 Å². The lowest BCUT2D eigenvalue weighted by Gasteiger charge is -2.29. The largest absolute Gasteiger partial charge is 0.370 e. The van der Waals surface area contributed by atoms with Crippen molar-refractivity contribution in [3.63, 3.8) is 0 Å². The maximum absolute atomic E-state index is 12.5. The van der Waals surface area contributed by atoms with E-state index in [-0.39, 0.29) is 11.0 Å². The van der Waals surface area contributed by atoms with Gasteiger partial charge in [-0.15, -0.1) is 0 Å². The minimum atomic E-state index is -0.358. The van der Waals surface area contributed by atoms with E-state index in [4.69, 9.17) is 23.8 Å². The summed E-state index contributed by atoms with van der Waals surface area (Å²) in [6.45, 7) is 1.88. The molecule has 0 unspecified atom stereocenters. The average Bonchev–Trinajstić information content (AvgIpc) is 2.69. The molecule has 2 N–H and O–H groups in total. The highest BCUT2D eigenvalue weighted by molar-refractivity contribution is 7.80. The predicted octanol–water partition coefficient (Wildman–Crippen LogP) is 4.33. The Morgan fingerprint density at radius 2 is 1.81 bits per heavy atom. The first kappa shape index (κ1) is 19.2. The van der Waals surface area contributed by atoms with Crippen molar-refractivity contribution in [1.29, 1.82) is 5.26 Å². The van der Waals surface area contributed by atoms with Crippen LogP contribution in [0, 0.1) is 11.3 Å². The Kier molecular flexibility index (Phi) is 6.28. The predicted molar refractivity (Wildman–Crippen MR) is 112 cm³/mol. The number of nitrogens with zero attached hydrogens (tertiary/aromatic N) is 2. The fraction of sp³-hybridized carbons (Fsp3) is 0.250. The Morgan fingerprint density at radius 3 is 2.48 bits per heavy atom. The van der Waals surface area contributed by atoms with Gasteiger partial charge in [-0.1, -0.05) is 11.6 Å². The Bertz CT molecular complexity index is 886. The van der Waals surface area contributed by atoms with E-state index in [0.29, 0.717) is 16.1 Å². The molecule has 0 aliphatic carbocycles. The molecule has 5 nitrogen and oxygen atoms in total. The molecule has 0 spiro atoms.